The molecule has 1 saturated carbocycles. The van der Waals surface area contributed by atoms with Crippen LogP contribution in [0.25, 0.3) is 0 Å². The first-order chi connectivity index (χ1) is 11.4. The highest BCUT2D eigenvalue weighted by Gasteiger charge is 2.47. The van der Waals surface area contributed by atoms with Gasteiger partial charge >= 0.3 is 0 Å². The fraction of sp³-hybridized carbons (Fsp3) is 0.647. The molecule has 0 radical (unpaired) electrons. The van der Waals surface area contributed by atoms with E-state index in [1.165, 1.54) is 16.4 Å². The lowest BCUT2D eigenvalue weighted by atomic mass is 9.77. The van der Waals surface area contributed by atoms with Crippen molar-refractivity contribution in [1.29, 1.82) is 0 Å². The van der Waals surface area contributed by atoms with Crippen molar-refractivity contribution in [2.45, 2.75) is 50.0 Å². The Kier molecular flexibility index (Phi) is 5.12. The molecule has 1 N–H and O–H groups in total. The smallest absolute Gasteiger partial charge is 0.243 e. The Hall–Kier alpha value is -0.820. The van der Waals surface area contributed by atoms with Crippen LogP contribution in [0.5, 0.6) is 5.75 Å². The predicted octanol–water partition coefficient (Wildman–Crippen LogP) is 3.05. The minimum absolute atomic E-state index is 0.194. The number of nitrogens with zero attached hydrogens (tertiary/aromatic N) is 1. The van der Waals surface area contributed by atoms with Gasteiger partial charge in [0.15, 0.2) is 0 Å². The van der Waals surface area contributed by atoms with Crippen molar-refractivity contribution in [2.75, 3.05) is 19.7 Å². The number of aliphatic hydroxyl groups excluding tert-OH is 1. The lowest BCUT2D eigenvalue weighted by molar-refractivity contribution is 0.0127. The Balaban J connectivity index is 1.89. The van der Waals surface area contributed by atoms with E-state index in [-0.39, 0.29) is 10.3 Å². The maximum atomic E-state index is 13.0. The Morgan fingerprint density at radius 1 is 1.38 bits per heavy atom. The summed E-state index contributed by atoms with van der Waals surface area (Å²) in [5, 5.41) is 10.8. The molecule has 1 aliphatic carbocycles. The van der Waals surface area contributed by atoms with Gasteiger partial charge in [-0.25, -0.2) is 8.42 Å². The summed E-state index contributed by atoms with van der Waals surface area (Å²) >= 11 is 6.06. The van der Waals surface area contributed by atoms with Crippen molar-refractivity contribution in [2.24, 2.45) is 5.41 Å². The van der Waals surface area contributed by atoms with E-state index in [0.29, 0.717) is 30.5 Å². The Bertz CT molecular complexity index is 709. The molecular formula is C17H24ClNO4S. The molecule has 0 amide bonds. The number of sulfonamides is 1. The van der Waals surface area contributed by atoms with E-state index in [9.17, 15) is 13.5 Å². The first-order valence-corrected chi connectivity index (χ1v) is 10.3. The van der Waals surface area contributed by atoms with E-state index in [4.69, 9.17) is 16.3 Å². The van der Waals surface area contributed by atoms with Gasteiger partial charge in [0.05, 0.1) is 22.6 Å². The van der Waals surface area contributed by atoms with Crippen molar-refractivity contribution >= 4 is 21.6 Å². The predicted molar refractivity (Wildman–Crippen MR) is 92.9 cm³/mol. The first kappa shape index (κ1) is 18.0. The second-order valence-electron chi connectivity index (χ2n) is 6.74. The van der Waals surface area contributed by atoms with Gasteiger partial charge in [0.2, 0.25) is 10.0 Å². The molecule has 7 heteroatoms. The topological polar surface area (TPSA) is 66.8 Å². The second-order valence-corrected chi connectivity index (χ2v) is 9.08. The number of halogens is 1. The highest BCUT2D eigenvalue weighted by atomic mass is 35.5. The molecule has 2 aliphatic rings. The van der Waals surface area contributed by atoms with Crippen LogP contribution in [-0.2, 0) is 10.0 Å². The number of ether oxygens (including phenoxy) is 1. The number of aliphatic hydroxyl groups is 1. The van der Waals surface area contributed by atoms with Crippen LogP contribution >= 0.6 is 11.6 Å². The van der Waals surface area contributed by atoms with Crippen molar-refractivity contribution < 1.29 is 18.3 Å². The molecule has 2 atom stereocenters. The van der Waals surface area contributed by atoms with Crippen LogP contribution < -0.4 is 4.74 Å². The van der Waals surface area contributed by atoms with E-state index in [2.05, 4.69) is 0 Å². The summed E-state index contributed by atoms with van der Waals surface area (Å²) in [6.45, 7) is 3.13. The maximum absolute atomic E-state index is 13.0. The normalized spacial score (nSPS) is 28.4. The molecular weight excluding hydrogens is 350 g/mol. The van der Waals surface area contributed by atoms with Crippen LogP contribution in [0.3, 0.4) is 0 Å². The molecule has 3 rings (SSSR count). The van der Waals surface area contributed by atoms with Gasteiger partial charge in [-0.15, -0.1) is 0 Å². The average molecular weight is 374 g/mol. The average Bonchev–Trinajstić information content (AvgIpc) is 2.90. The van der Waals surface area contributed by atoms with E-state index in [0.717, 1.165) is 32.1 Å². The first-order valence-electron chi connectivity index (χ1n) is 8.50. The zero-order valence-electron chi connectivity index (χ0n) is 13.9. The molecule has 1 heterocycles. The second kappa shape index (κ2) is 6.83. The van der Waals surface area contributed by atoms with Crippen molar-refractivity contribution in [1.82, 2.24) is 4.31 Å². The van der Waals surface area contributed by atoms with E-state index >= 15 is 0 Å². The summed E-state index contributed by atoms with van der Waals surface area (Å²) in [5.74, 6) is 0.382. The van der Waals surface area contributed by atoms with Gasteiger partial charge < -0.3 is 9.84 Å². The van der Waals surface area contributed by atoms with Crippen LogP contribution in [-0.4, -0.2) is 43.6 Å². The third kappa shape index (κ3) is 3.17. The fourth-order valence-corrected chi connectivity index (χ4v) is 5.74. The number of hydrogen-bond donors (Lipinski definition) is 1. The van der Waals surface area contributed by atoms with E-state index in [1.54, 1.807) is 6.07 Å². The van der Waals surface area contributed by atoms with Crippen LogP contribution in [0.15, 0.2) is 23.1 Å². The lowest BCUT2D eigenvalue weighted by Crippen LogP contribution is -2.49. The van der Waals surface area contributed by atoms with Gasteiger partial charge in [-0.1, -0.05) is 18.0 Å². The molecule has 5 nitrogen and oxygen atoms in total. The molecule has 1 aromatic carbocycles. The Labute approximate surface area is 148 Å². The van der Waals surface area contributed by atoms with Crippen LogP contribution in [0.1, 0.15) is 39.0 Å². The number of rotatable bonds is 4. The summed E-state index contributed by atoms with van der Waals surface area (Å²) in [4.78, 5) is 0.194. The van der Waals surface area contributed by atoms with Crippen LogP contribution in [0.2, 0.25) is 5.02 Å². The molecule has 0 unspecified atom stereocenters. The third-order valence-corrected chi connectivity index (χ3v) is 7.43. The summed E-state index contributed by atoms with van der Waals surface area (Å²) in [5.41, 5.74) is -0.277. The zero-order chi connectivity index (χ0) is 17.4. The largest absolute Gasteiger partial charge is 0.492 e. The minimum atomic E-state index is -3.62. The summed E-state index contributed by atoms with van der Waals surface area (Å²) in [6, 6.07) is 4.57. The van der Waals surface area contributed by atoms with Crippen LogP contribution in [0.4, 0.5) is 0 Å². The maximum Gasteiger partial charge on any atom is 0.243 e. The quantitative estimate of drug-likeness (QED) is 0.880. The molecule has 1 aliphatic heterocycles. The molecule has 1 aromatic rings. The molecule has 134 valence electrons. The Morgan fingerprint density at radius 3 is 2.79 bits per heavy atom. The van der Waals surface area contributed by atoms with Crippen molar-refractivity contribution in [3.8, 4) is 5.75 Å². The monoisotopic (exact) mass is 373 g/mol. The third-order valence-electron chi connectivity index (χ3n) is 5.27. The van der Waals surface area contributed by atoms with Gasteiger partial charge in [0, 0.05) is 24.6 Å². The standard InChI is InChI=1S/C17H24ClNO4S/c1-2-23-15-11-13(6-7-14(15)18)24(21,22)19-10-4-9-17(12-19)8-3-5-16(17)20/h6-7,11,16,20H,2-5,8-10,12H2,1H3/t16-,17-/m1/s1. The highest BCUT2D eigenvalue weighted by Crippen LogP contribution is 2.46. The highest BCUT2D eigenvalue weighted by molar-refractivity contribution is 7.89. The number of piperidine rings is 1. The summed E-state index contributed by atoms with van der Waals surface area (Å²) in [6.07, 6.45) is 3.89. The summed E-state index contributed by atoms with van der Waals surface area (Å²) < 4.78 is 33.0. The fourth-order valence-electron chi connectivity index (χ4n) is 3.98. The summed E-state index contributed by atoms with van der Waals surface area (Å²) in [7, 11) is -3.62. The van der Waals surface area contributed by atoms with Gasteiger partial charge in [-0.05, 0) is 44.7 Å². The molecule has 1 spiro atoms. The molecule has 0 aromatic heterocycles. The molecule has 0 bridgehead atoms. The van der Waals surface area contributed by atoms with Crippen LogP contribution in [0, 0.1) is 5.41 Å². The van der Waals surface area contributed by atoms with E-state index in [1.807, 2.05) is 6.92 Å². The number of hydrogen-bond acceptors (Lipinski definition) is 4. The van der Waals surface area contributed by atoms with E-state index < -0.39 is 16.1 Å². The van der Waals surface area contributed by atoms with Gasteiger partial charge in [0.25, 0.3) is 0 Å². The van der Waals surface area contributed by atoms with Gasteiger partial charge in [-0.2, -0.15) is 4.31 Å². The van der Waals surface area contributed by atoms with Gasteiger partial charge in [-0.3, -0.25) is 0 Å². The minimum Gasteiger partial charge on any atom is -0.492 e. The SMILES string of the molecule is CCOc1cc(S(=O)(=O)N2CCC[C@]3(CCC[C@H]3O)C2)ccc1Cl. The number of benzene rings is 1. The molecule has 2 fully saturated rings. The Morgan fingerprint density at radius 2 is 2.12 bits per heavy atom. The molecule has 24 heavy (non-hydrogen) atoms. The van der Waals surface area contributed by atoms with Crippen molar-refractivity contribution in [3.05, 3.63) is 23.2 Å². The van der Waals surface area contributed by atoms with Gasteiger partial charge in [0.1, 0.15) is 5.75 Å². The lowest BCUT2D eigenvalue weighted by Gasteiger charge is -2.41. The zero-order valence-corrected chi connectivity index (χ0v) is 15.4. The van der Waals surface area contributed by atoms with Crippen molar-refractivity contribution in [3.63, 3.8) is 0 Å². The molecule has 1 saturated heterocycles.